The van der Waals surface area contributed by atoms with Gasteiger partial charge in [0.2, 0.25) is 11.7 Å². The van der Waals surface area contributed by atoms with Crippen molar-refractivity contribution >= 4 is 11.7 Å². The average molecular weight is 325 g/mol. The lowest BCUT2D eigenvalue weighted by atomic mass is 10.2. The molecule has 0 bridgehead atoms. The molecule has 1 aromatic carbocycles. The number of hydrogen-bond donors (Lipinski definition) is 1. The Morgan fingerprint density at radius 1 is 1.25 bits per heavy atom. The molecule has 24 heavy (non-hydrogen) atoms. The van der Waals surface area contributed by atoms with E-state index >= 15 is 0 Å². The molecular formula is C16H15N5O3. The second-order valence-corrected chi connectivity index (χ2v) is 5.55. The van der Waals surface area contributed by atoms with Crippen molar-refractivity contribution in [2.75, 3.05) is 18.0 Å². The summed E-state index contributed by atoms with van der Waals surface area (Å²) in [5.74, 6) is 1.68. The number of rotatable bonds is 4. The van der Waals surface area contributed by atoms with E-state index in [1.54, 1.807) is 4.90 Å². The molecular weight excluding hydrogens is 310 g/mol. The molecule has 0 aliphatic carbocycles. The van der Waals surface area contributed by atoms with E-state index < -0.39 is 0 Å². The number of anilines is 1. The summed E-state index contributed by atoms with van der Waals surface area (Å²) in [4.78, 5) is 17.9. The van der Waals surface area contributed by atoms with Gasteiger partial charge in [0, 0.05) is 30.4 Å². The van der Waals surface area contributed by atoms with Crippen molar-refractivity contribution in [1.29, 1.82) is 0 Å². The summed E-state index contributed by atoms with van der Waals surface area (Å²) in [6, 6.07) is 9.24. The normalized spacial score (nSPS) is 14.2. The Hall–Kier alpha value is -3.16. The van der Waals surface area contributed by atoms with Crippen LogP contribution in [0.2, 0.25) is 0 Å². The van der Waals surface area contributed by atoms with Crippen LogP contribution in [0.1, 0.15) is 17.3 Å². The minimum Gasteiger partial charge on any atom is -0.361 e. The first kappa shape index (κ1) is 14.4. The third-order valence-corrected chi connectivity index (χ3v) is 3.75. The Morgan fingerprint density at radius 2 is 2.17 bits per heavy atom. The van der Waals surface area contributed by atoms with Gasteiger partial charge in [-0.3, -0.25) is 4.90 Å². The van der Waals surface area contributed by atoms with E-state index in [-0.39, 0.29) is 6.03 Å². The monoisotopic (exact) mass is 325 g/mol. The Bertz CT molecular complexity index is 885. The lowest BCUT2D eigenvalue weighted by Gasteiger charge is -2.14. The fourth-order valence-corrected chi connectivity index (χ4v) is 2.63. The molecule has 0 radical (unpaired) electrons. The van der Waals surface area contributed by atoms with Crippen LogP contribution in [0.4, 0.5) is 10.5 Å². The lowest BCUT2D eigenvalue weighted by molar-refractivity contribution is 0.252. The highest BCUT2D eigenvalue weighted by Gasteiger charge is 2.21. The molecule has 1 fully saturated rings. The van der Waals surface area contributed by atoms with Crippen molar-refractivity contribution in [3.8, 4) is 11.4 Å². The van der Waals surface area contributed by atoms with E-state index in [1.807, 2.05) is 37.3 Å². The van der Waals surface area contributed by atoms with Crippen molar-refractivity contribution < 1.29 is 13.8 Å². The van der Waals surface area contributed by atoms with Gasteiger partial charge in [-0.1, -0.05) is 22.4 Å². The SMILES string of the molecule is Cc1cc(Cc2nc(-c3cccc(N4CCNC4=O)c3)no2)no1. The molecule has 1 aliphatic heterocycles. The molecule has 122 valence electrons. The van der Waals surface area contributed by atoms with Crippen LogP contribution in [-0.4, -0.2) is 34.4 Å². The highest BCUT2D eigenvalue weighted by molar-refractivity contribution is 5.94. The molecule has 0 spiro atoms. The molecule has 1 N–H and O–H groups in total. The van der Waals surface area contributed by atoms with E-state index in [9.17, 15) is 4.79 Å². The summed E-state index contributed by atoms with van der Waals surface area (Å²) in [5.41, 5.74) is 2.34. The number of carbonyl (C=O) groups is 1. The fourth-order valence-electron chi connectivity index (χ4n) is 2.63. The standard InChI is InChI=1S/C16H15N5O3/c1-10-7-12(19-23-10)9-14-18-15(20-24-14)11-3-2-4-13(8-11)21-6-5-17-16(21)22/h2-4,7-8H,5-6,9H2,1H3,(H,17,22). The molecule has 3 heterocycles. The summed E-state index contributed by atoms with van der Waals surface area (Å²) < 4.78 is 10.3. The van der Waals surface area contributed by atoms with Crippen molar-refractivity contribution in [3.63, 3.8) is 0 Å². The largest absolute Gasteiger partial charge is 0.361 e. The zero-order valence-corrected chi connectivity index (χ0v) is 13.0. The molecule has 8 heteroatoms. The molecule has 0 saturated carbocycles. The van der Waals surface area contributed by atoms with Gasteiger partial charge in [-0.25, -0.2) is 4.79 Å². The third-order valence-electron chi connectivity index (χ3n) is 3.75. The second-order valence-electron chi connectivity index (χ2n) is 5.55. The second kappa shape index (κ2) is 5.80. The number of nitrogens with zero attached hydrogens (tertiary/aromatic N) is 4. The molecule has 4 rings (SSSR count). The van der Waals surface area contributed by atoms with Crippen LogP contribution < -0.4 is 10.2 Å². The quantitative estimate of drug-likeness (QED) is 0.789. The van der Waals surface area contributed by atoms with E-state index in [4.69, 9.17) is 9.05 Å². The lowest BCUT2D eigenvalue weighted by Crippen LogP contribution is -2.27. The molecule has 1 aliphatic rings. The summed E-state index contributed by atoms with van der Waals surface area (Å²) in [6.07, 6.45) is 0.415. The number of urea groups is 1. The Labute approximate surface area is 137 Å². The van der Waals surface area contributed by atoms with E-state index in [1.165, 1.54) is 0 Å². The number of aryl methyl sites for hydroxylation is 1. The molecule has 1 saturated heterocycles. The fraction of sp³-hybridized carbons (Fsp3) is 0.250. The number of aromatic nitrogens is 3. The maximum absolute atomic E-state index is 11.8. The van der Waals surface area contributed by atoms with Crippen molar-refractivity contribution in [3.05, 3.63) is 47.7 Å². The molecule has 2 aromatic heterocycles. The molecule has 3 aromatic rings. The third kappa shape index (κ3) is 2.73. The Kier molecular flexibility index (Phi) is 3.49. The first-order valence-corrected chi connectivity index (χ1v) is 7.59. The van der Waals surface area contributed by atoms with Crippen LogP contribution in [0.3, 0.4) is 0 Å². The van der Waals surface area contributed by atoms with Crippen LogP contribution >= 0.6 is 0 Å². The number of benzene rings is 1. The van der Waals surface area contributed by atoms with E-state index in [0.717, 1.165) is 22.7 Å². The average Bonchev–Trinajstić information content (AvgIpc) is 3.30. The van der Waals surface area contributed by atoms with Crippen molar-refractivity contribution in [1.82, 2.24) is 20.6 Å². The van der Waals surface area contributed by atoms with E-state index in [2.05, 4.69) is 20.6 Å². The van der Waals surface area contributed by atoms with Crippen LogP contribution in [0.25, 0.3) is 11.4 Å². The van der Waals surface area contributed by atoms with Crippen LogP contribution in [0, 0.1) is 6.92 Å². The van der Waals surface area contributed by atoms with Crippen LogP contribution in [0.15, 0.2) is 39.4 Å². The molecule has 2 amide bonds. The molecule has 0 atom stereocenters. The highest BCUT2D eigenvalue weighted by Crippen LogP contribution is 2.24. The summed E-state index contributed by atoms with van der Waals surface area (Å²) >= 11 is 0. The molecule has 8 nitrogen and oxygen atoms in total. The van der Waals surface area contributed by atoms with Gasteiger partial charge in [0.25, 0.3) is 0 Å². The molecule has 0 unspecified atom stereocenters. The Balaban J connectivity index is 1.57. The van der Waals surface area contributed by atoms with Gasteiger partial charge in [-0.05, 0) is 19.1 Å². The topological polar surface area (TPSA) is 97.3 Å². The predicted octanol–water partition coefficient (Wildman–Crippen LogP) is 2.15. The Morgan fingerprint density at radius 3 is 2.92 bits per heavy atom. The maximum Gasteiger partial charge on any atom is 0.321 e. The minimum absolute atomic E-state index is 0.0950. The maximum atomic E-state index is 11.8. The van der Waals surface area contributed by atoms with Crippen LogP contribution in [0.5, 0.6) is 0 Å². The highest BCUT2D eigenvalue weighted by atomic mass is 16.5. The van der Waals surface area contributed by atoms with Crippen LogP contribution in [-0.2, 0) is 6.42 Å². The van der Waals surface area contributed by atoms with Crippen molar-refractivity contribution in [2.24, 2.45) is 0 Å². The number of carbonyl (C=O) groups excluding carboxylic acids is 1. The zero-order valence-electron chi connectivity index (χ0n) is 13.0. The zero-order chi connectivity index (χ0) is 16.5. The first-order valence-electron chi connectivity index (χ1n) is 7.59. The van der Waals surface area contributed by atoms with Gasteiger partial charge in [0.15, 0.2) is 0 Å². The van der Waals surface area contributed by atoms with Gasteiger partial charge in [0.05, 0.1) is 12.1 Å². The van der Waals surface area contributed by atoms with E-state index in [0.29, 0.717) is 31.2 Å². The first-order chi connectivity index (χ1) is 11.7. The van der Waals surface area contributed by atoms with Gasteiger partial charge in [-0.15, -0.1) is 0 Å². The van der Waals surface area contributed by atoms with Gasteiger partial charge in [0.1, 0.15) is 5.76 Å². The number of amides is 2. The smallest absolute Gasteiger partial charge is 0.321 e. The number of nitrogens with one attached hydrogen (secondary N) is 1. The van der Waals surface area contributed by atoms with Gasteiger partial charge >= 0.3 is 6.03 Å². The van der Waals surface area contributed by atoms with Crippen molar-refractivity contribution in [2.45, 2.75) is 13.3 Å². The predicted molar refractivity (Wildman–Crippen MR) is 84.5 cm³/mol. The number of hydrogen-bond acceptors (Lipinski definition) is 6. The summed E-state index contributed by atoms with van der Waals surface area (Å²) in [7, 11) is 0. The summed E-state index contributed by atoms with van der Waals surface area (Å²) in [6.45, 7) is 3.12. The van der Waals surface area contributed by atoms with Gasteiger partial charge < -0.3 is 14.4 Å². The summed E-state index contributed by atoms with van der Waals surface area (Å²) in [5, 5.41) is 10.7. The van der Waals surface area contributed by atoms with Gasteiger partial charge in [-0.2, -0.15) is 4.98 Å². The minimum atomic E-state index is -0.0950.